The van der Waals surface area contributed by atoms with Crippen LogP contribution in [0.25, 0.3) is 0 Å². The number of carbonyl (C=O) groups is 1. The molecule has 1 amide bonds. The van der Waals surface area contributed by atoms with Crippen LogP contribution in [-0.2, 0) is 14.3 Å². The third-order valence-corrected chi connectivity index (χ3v) is 6.92. The van der Waals surface area contributed by atoms with Crippen molar-refractivity contribution in [1.29, 1.82) is 0 Å². The number of aliphatic hydroxyl groups excluding tert-OH is 2. The van der Waals surface area contributed by atoms with Crippen LogP contribution in [0.15, 0.2) is 0 Å². The molecule has 12 N–H and O–H groups in total. The van der Waals surface area contributed by atoms with Gasteiger partial charge in [0.05, 0.1) is 18.2 Å². The molecule has 1 saturated heterocycles. The number of aliphatic hydroxyl groups is 2. The summed E-state index contributed by atoms with van der Waals surface area (Å²) in [5, 5.41) is 26.9. The molecular formula is C21H42N6O5. The first-order chi connectivity index (χ1) is 15.3. The summed E-state index contributed by atoms with van der Waals surface area (Å²) in [5.41, 5.74) is 23.4. The van der Waals surface area contributed by atoms with Gasteiger partial charge < -0.3 is 53.3 Å². The van der Waals surface area contributed by atoms with Gasteiger partial charge in [0.2, 0.25) is 5.91 Å². The number of ether oxygens (including phenoxy) is 2. The van der Waals surface area contributed by atoms with Gasteiger partial charge in [0, 0.05) is 24.7 Å². The highest BCUT2D eigenvalue weighted by atomic mass is 16.7. The largest absolute Gasteiger partial charge is 0.390 e. The lowest BCUT2D eigenvalue weighted by Crippen LogP contribution is -2.60. The number of hydrogen-bond donors (Lipinski definition) is 8. The highest BCUT2D eigenvalue weighted by molar-refractivity contribution is 5.80. The Hall–Kier alpha value is -0.890. The van der Waals surface area contributed by atoms with Crippen molar-refractivity contribution in [1.82, 2.24) is 10.6 Å². The van der Waals surface area contributed by atoms with Gasteiger partial charge in [-0.2, -0.15) is 0 Å². The van der Waals surface area contributed by atoms with E-state index in [9.17, 15) is 15.0 Å². The molecule has 3 fully saturated rings. The van der Waals surface area contributed by atoms with Crippen LogP contribution in [0.2, 0.25) is 0 Å². The Morgan fingerprint density at radius 1 is 1.16 bits per heavy atom. The van der Waals surface area contributed by atoms with Gasteiger partial charge in [-0.1, -0.05) is 0 Å². The Bertz CT molecular complexity index is 583. The van der Waals surface area contributed by atoms with Gasteiger partial charge >= 0.3 is 0 Å². The van der Waals surface area contributed by atoms with Crippen molar-refractivity contribution in [3.63, 3.8) is 0 Å². The number of nitrogens with two attached hydrogens (primary N) is 4. The first-order valence-electron chi connectivity index (χ1n) is 11.9. The number of amides is 1. The van der Waals surface area contributed by atoms with Crippen molar-refractivity contribution in [2.45, 2.75) is 99.8 Å². The van der Waals surface area contributed by atoms with Crippen molar-refractivity contribution < 1.29 is 24.5 Å². The lowest BCUT2D eigenvalue weighted by Gasteiger charge is -2.44. The quantitative estimate of drug-likeness (QED) is 0.169. The Labute approximate surface area is 189 Å². The minimum Gasteiger partial charge on any atom is -0.390 e. The minimum atomic E-state index is -1.16. The molecule has 1 heterocycles. The monoisotopic (exact) mass is 458 g/mol. The average molecular weight is 459 g/mol. The second-order valence-electron chi connectivity index (χ2n) is 9.65. The molecule has 0 bridgehead atoms. The van der Waals surface area contributed by atoms with E-state index in [0.717, 1.165) is 32.2 Å². The highest BCUT2D eigenvalue weighted by Crippen LogP contribution is 2.29. The molecule has 32 heavy (non-hydrogen) atoms. The van der Waals surface area contributed by atoms with E-state index in [-0.39, 0.29) is 37.6 Å². The number of hydrogen-bond acceptors (Lipinski definition) is 10. The number of carbonyl (C=O) groups excluding carboxylic acids is 1. The van der Waals surface area contributed by atoms with Gasteiger partial charge in [-0.3, -0.25) is 4.79 Å². The Morgan fingerprint density at radius 3 is 2.53 bits per heavy atom. The molecule has 0 radical (unpaired) electrons. The van der Waals surface area contributed by atoms with Gasteiger partial charge in [-0.15, -0.1) is 0 Å². The maximum Gasteiger partial charge on any atom is 0.249 e. The molecule has 2 saturated carbocycles. The van der Waals surface area contributed by atoms with Crippen molar-refractivity contribution in [3.8, 4) is 0 Å². The first-order valence-corrected chi connectivity index (χ1v) is 11.9. The predicted molar refractivity (Wildman–Crippen MR) is 119 cm³/mol. The molecule has 3 rings (SSSR count). The van der Waals surface area contributed by atoms with Crippen molar-refractivity contribution >= 4 is 5.91 Å². The summed E-state index contributed by atoms with van der Waals surface area (Å²) in [5.74, 6) is 0.0694. The average Bonchev–Trinajstić information content (AvgIpc) is 2.73. The van der Waals surface area contributed by atoms with E-state index in [1.165, 1.54) is 0 Å². The summed E-state index contributed by atoms with van der Waals surface area (Å²) in [6.45, 7) is 1.47. The third-order valence-electron chi connectivity index (χ3n) is 6.92. The maximum absolute atomic E-state index is 12.1. The third kappa shape index (κ3) is 6.81. The minimum absolute atomic E-state index is 0.0159. The standard InChI is InChI=1S/C21H42N6O5/c22-4-3-17(28)20(30)27-13-7-15(25)19(18(29)8-13)32-21-16(2-1-14(9-23)31-21)26-10-11-5-12(24)6-11/h11-19,21,26,28-29H,1-10,22-25H2,(H,27,30)/t11?,12?,13-,14+,15+,16-,17+,18-,19?,21-/m1/s1. The molecule has 2 aliphatic carbocycles. The maximum atomic E-state index is 12.1. The fourth-order valence-electron chi connectivity index (χ4n) is 4.95. The van der Waals surface area contributed by atoms with Crippen LogP contribution in [0, 0.1) is 5.92 Å². The smallest absolute Gasteiger partial charge is 0.249 e. The van der Waals surface area contributed by atoms with Gasteiger partial charge in [0.1, 0.15) is 12.2 Å². The van der Waals surface area contributed by atoms with Crippen LogP contribution >= 0.6 is 0 Å². The highest BCUT2D eigenvalue weighted by Gasteiger charge is 2.41. The summed E-state index contributed by atoms with van der Waals surface area (Å²) in [7, 11) is 0. The zero-order valence-electron chi connectivity index (χ0n) is 18.8. The second-order valence-corrected chi connectivity index (χ2v) is 9.65. The SMILES string of the molecule is NCC[C@H](O)C(=O)N[C@H]1C[C@@H](O)C(O[C@H]2O[C@H](CN)CC[C@H]2NCC2CC(N)C2)[C@@H](N)C1. The molecule has 11 heteroatoms. The molecule has 8 atom stereocenters. The van der Waals surface area contributed by atoms with E-state index in [2.05, 4.69) is 10.6 Å². The van der Waals surface area contributed by atoms with E-state index >= 15 is 0 Å². The summed E-state index contributed by atoms with van der Waals surface area (Å²) in [4.78, 5) is 12.1. The summed E-state index contributed by atoms with van der Waals surface area (Å²) in [6.07, 6.45) is 1.33. The summed E-state index contributed by atoms with van der Waals surface area (Å²) in [6, 6.07) is -0.556. The fraction of sp³-hybridized carbons (Fsp3) is 0.952. The van der Waals surface area contributed by atoms with Crippen molar-refractivity contribution in [2.75, 3.05) is 19.6 Å². The predicted octanol–water partition coefficient (Wildman–Crippen LogP) is -2.79. The molecular weight excluding hydrogens is 416 g/mol. The fourth-order valence-corrected chi connectivity index (χ4v) is 4.95. The van der Waals surface area contributed by atoms with Crippen LogP contribution in [0.1, 0.15) is 44.9 Å². The summed E-state index contributed by atoms with van der Waals surface area (Å²) < 4.78 is 12.3. The lowest BCUT2D eigenvalue weighted by atomic mass is 9.81. The molecule has 0 aromatic rings. The Balaban J connectivity index is 1.53. The molecule has 186 valence electrons. The first kappa shape index (κ1) is 25.7. The molecule has 11 nitrogen and oxygen atoms in total. The molecule has 0 spiro atoms. The number of rotatable bonds is 10. The zero-order chi connectivity index (χ0) is 23.3. The van der Waals surface area contributed by atoms with E-state index in [1.54, 1.807) is 0 Å². The lowest BCUT2D eigenvalue weighted by molar-refractivity contribution is -0.247. The molecule has 1 aliphatic heterocycles. The van der Waals surface area contributed by atoms with E-state index in [1.807, 2.05) is 0 Å². The van der Waals surface area contributed by atoms with Crippen molar-refractivity contribution in [2.24, 2.45) is 28.9 Å². The van der Waals surface area contributed by atoms with Crippen molar-refractivity contribution in [3.05, 3.63) is 0 Å². The molecule has 3 aliphatic rings. The van der Waals surface area contributed by atoms with Crippen LogP contribution in [0.4, 0.5) is 0 Å². The molecule has 0 aromatic heterocycles. The Morgan fingerprint density at radius 2 is 1.91 bits per heavy atom. The normalized spacial score (nSPS) is 41.0. The van der Waals surface area contributed by atoms with Gasteiger partial charge in [-0.05, 0) is 64.0 Å². The van der Waals surface area contributed by atoms with Crippen LogP contribution < -0.4 is 33.6 Å². The second kappa shape index (κ2) is 12.0. The molecule has 1 unspecified atom stereocenters. The van der Waals surface area contributed by atoms with E-state index < -0.39 is 36.6 Å². The van der Waals surface area contributed by atoms with E-state index in [0.29, 0.717) is 24.9 Å². The number of nitrogens with one attached hydrogen (secondary N) is 2. The zero-order valence-corrected chi connectivity index (χ0v) is 18.8. The van der Waals surface area contributed by atoms with Gasteiger partial charge in [0.15, 0.2) is 6.29 Å². The van der Waals surface area contributed by atoms with Crippen LogP contribution in [0.3, 0.4) is 0 Å². The van der Waals surface area contributed by atoms with Gasteiger partial charge in [-0.25, -0.2) is 0 Å². The Kier molecular flexibility index (Phi) is 9.65. The molecule has 0 aromatic carbocycles. The van der Waals surface area contributed by atoms with Crippen LogP contribution in [0.5, 0.6) is 0 Å². The van der Waals surface area contributed by atoms with Crippen LogP contribution in [-0.4, -0.2) is 90.6 Å². The van der Waals surface area contributed by atoms with Gasteiger partial charge in [0.25, 0.3) is 0 Å². The van der Waals surface area contributed by atoms with E-state index in [4.69, 9.17) is 32.4 Å². The topological polar surface area (TPSA) is 204 Å². The summed E-state index contributed by atoms with van der Waals surface area (Å²) >= 11 is 0.